The maximum absolute atomic E-state index is 4.81. The molecule has 3 rings (SSSR count). The summed E-state index contributed by atoms with van der Waals surface area (Å²) in [5.74, 6) is 0. The molecule has 2 nitrogen and oxygen atoms in total. The van der Waals surface area contributed by atoms with Crippen LogP contribution in [0.5, 0.6) is 0 Å². The Hall–Kier alpha value is -2.09. The maximum Gasteiger partial charge on any atom is 0.0762 e. The maximum atomic E-state index is 4.81. The lowest BCUT2D eigenvalue weighted by atomic mass is 9.99. The van der Waals surface area contributed by atoms with Gasteiger partial charge >= 0.3 is 0 Å². The number of aromatic nitrogens is 1. The fourth-order valence-corrected chi connectivity index (χ4v) is 3.39. The van der Waals surface area contributed by atoms with E-state index in [-0.39, 0.29) is 0 Å². The summed E-state index contributed by atoms with van der Waals surface area (Å²) < 4.78 is 0. The third-order valence-electron chi connectivity index (χ3n) is 4.53. The van der Waals surface area contributed by atoms with Gasteiger partial charge in [-0.2, -0.15) is 0 Å². The van der Waals surface area contributed by atoms with E-state index >= 15 is 0 Å². The van der Waals surface area contributed by atoms with E-state index in [0.717, 1.165) is 17.8 Å². The molecule has 1 aromatic carbocycles. The molecule has 0 aliphatic carbocycles. The number of aromatic amines is 1. The van der Waals surface area contributed by atoms with E-state index in [1.807, 2.05) is 0 Å². The van der Waals surface area contributed by atoms with Crippen LogP contribution in [0.3, 0.4) is 0 Å². The van der Waals surface area contributed by atoms with Gasteiger partial charge in [0, 0.05) is 28.2 Å². The lowest BCUT2D eigenvalue weighted by Gasteiger charge is -2.06. The van der Waals surface area contributed by atoms with E-state index in [2.05, 4.69) is 63.9 Å². The third-order valence-corrected chi connectivity index (χ3v) is 4.53. The Morgan fingerprint density at radius 3 is 2.38 bits per heavy atom. The number of benzene rings is 1. The minimum Gasteiger partial charge on any atom is -0.358 e. The van der Waals surface area contributed by atoms with E-state index in [4.69, 9.17) is 4.99 Å². The summed E-state index contributed by atoms with van der Waals surface area (Å²) in [6.07, 6.45) is 1.07. The number of rotatable bonds is 2. The molecule has 108 valence electrons. The molecule has 0 spiro atoms. The summed E-state index contributed by atoms with van der Waals surface area (Å²) in [7, 11) is 0. The predicted molar refractivity (Wildman–Crippen MR) is 90.8 cm³/mol. The largest absolute Gasteiger partial charge is 0.358 e. The SMILES string of the molecule is CCc1c(C)[nH]c(/C(C)=C2/N=C(C)c3ccccc32)c1C. The van der Waals surface area contributed by atoms with Crippen LogP contribution in [0.2, 0.25) is 0 Å². The van der Waals surface area contributed by atoms with Crippen molar-refractivity contribution in [1.29, 1.82) is 0 Å². The third kappa shape index (κ3) is 2.06. The van der Waals surface area contributed by atoms with Gasteiger partial charge in [-0.3, -0.25) is 4.99 Å². The molecule has 1 N–H and O–H groups in total. The van der Waals surface area contributed by atoms with Gasteiger partial charge in [0.15, 0.2) is 0 Å². The van der Waals surface area contributed by atoms with E-state index in [1.54, 1.807) is 0 Å². The number of allylic oxidation sites excluding steroid dienone is 1. The Labute approximate surface area is 126 Å². The molecule has 0 radical (unpaired) electrons. The van der Waals surface area contributed by atoms with Crippen molar-refractivity contribution in [3.63, 3.8) is 0 Å². The van der Waals surface area contributed by atoms with Gasteiger partial charge in [0.05, 0.1) is 5.70 Å². The number of aryl methyl sites for hydroxylation is 1. The van der Waals surface area contributed by atoms with Crippen LogP contribution in [-0.4, -0.2) is 10.7 Å². The summed E-state index contributed by atoms with van der Waals surface area (Å²) in [6.45, 7) is 10.8. The summed E-state index contributed by atoms with van der Waals surface area (Å²) in [4.78, 5) is 8.37. The van der Waals surface area contributed by atoms with Gasteiger partial charge in [0.1, 0.15) is 0 Å². The zero-order valence-corrected chi connectivity index (χ0v) is 13.5. The molecule has 0 fully saturated rings. The zero-order valence-electron chi connectivity index (χ0n) is 13.5. The van der Waals surface area contributed by atoms with Crippen molar-refractivity contribution in [2.24, 2.45) is 4.99 Å². The average Bonchev–Trinajstić information content (AvgIpc) is 2.96. The van der Waals surface area contributed by atoms with Gasteiger partial charge in [0.25, 0.3) is 0 Å². The first kappa shape index (κ1) is 13.9. The van der Waals surface area contributed by atoms with Crippen LogP contribution in [0.1, 0.15) is 54.4 Å². The van der Waals surface area contributed by atoms with Crippen molar-refractivity contribution in [3.8, 4) is 0 Å². The summed E-state index contributed by atoms with van der Waals surface area (Å²) in [5.41, 5.74) is 11.2. The number of hydrogen-bond acceptors (Lipinski definition) is 1. The van der Waals surface area contributed by atoms with Crippen LogP contribution < -0.4 is 0 Å². The molecule has 0 saturated carbocycles. The predicted octanol–water partition coefficient (Wildman–Crippen LogP) is 4.90. The topological polar surface area (TPSA) is 28.1 Å². The standard InChI is InChI=1S/C19H22N2/c1-6-15-11(2)18(20-13(15)4)12(3)19-17-10-8-7-9-16(17)14(5)21-19/h7-10,20H,6H2,1-5H3/b19-12+. The Balaban J connectivity index is 2.21. The number of hydrogen-bond donors (Lipinski definition) is 1. The first-order chi connectivity index (χ1) is 10.0. The molecule has 0 saturated heterocycles. The van der Waals surface area contributed by atoms with Gasteiger partial charge in [-0.25, -0.2) is 0 Å². The van der Waals surface area contributed by atoms with Crippen molar-refractivity contribution in [1.82, 2.24) is 4.98 Å². The second kappa shape index (κ2) is 5.03. The molecule has 21 heavy (non-hydrogen) atoms. The van der Waals surface area contributed by atoms with Crippen LogP contribution >= 0.6 is 0 Å². The lowest BCUT2D eigenvalue weighted by molar-refractivity contribution is 1.08. The van der Waals surface area contributed by atoms with Crippen LogP contribution in [0.25, 0.3) is 11.3 Å². The molecule has 1 aromatic heterocycles. The number of fused-ring (bicyclic) bond motifs is 1. The molecule has 1 aliphatic heterocycles. The quantitative estimate of drug-likeness (QED) is 0.809. The van der Waals surface area contributed by atoms with Crippen molar-refractivity contribution in [2.75, 3.05) is 0 Å². The second-order valence-corrected chi connectivity index (χ2v) is 5.80. The van der Waals surface area contributed by atoms with Crippen LogP contribution in [0.15, 0.2) is 29.3 Å². The fraction of sp³-hybridized carbons (Fsp3) is 0.316. The van der Waals surface area contributed by atoms with Crippen molar-refractivity contribution < 1.29 is 0 Å². The highest BCUT2D eigenvalue weighted by Gasteiger charge is 2.21. The number of nitrogens with one attached hydrogen (secondary N) is 1. The molecule has 2 heteroatoms. The fourth-order valence-electron chi connectivity index (χ4n) is 3.39. The monoisotopic (exact) mass is 278 g/mol. The van der Waals surface area contributed by atoms with Gasteiger partial charge in [-0.15, -0.1) is 0 Å². The van der Waals surface area contributed by atoms with Gasteiger partial charge in [-0.05, 0) is 50.8 Å². The van der Waals surface area contributed by atoms with E-state index in [0.29, 0.717) is 0 Å². The van der Waals surface area contributed by atoms with Crippen LogP contribution in [-0.2, 0) is 6.42 Å². The number of H-pyrrole nitrogens is 1. The van der Waals surface area contributed by atoms with E-state index in [1.165, 1.54) is 39.2 Å². The smallest absolute Gasteiger partial charge is 0.0762 e. The van der Waals surface area contributed by atoms with Gasteiger partial charge in [-0.1, -0.05) is 31.2 Å². The molecule has 0 amide bonds. The normalized spacial score (nSPS) is 16.0. The molecule has 2 heterocycles. The molecule has 0 unspecified atom stereocenters. The first-order valence-corrected chi connectivity index (χ1v) is 7.59. The average molecular weight is 278 g/mol. The highest BCUT2D eigenvalue weighted by atomic mass is 14.8. The summed E-state index contributed by atoms with van der Waals surface area (Å²) in [5, 5.41) is 0. The highest BCUT2D eigenvalue weighted by molar-refractivity contribution is 6.13. The summed E-state index contributed by atoms with van der Waals surface area (Å²) in [6, 6.07) is 8.48. The van der Waals surface area contributed by atoms with Crippen molar-refractivity contribution in [3.05, 3.63) is 57.9 Å². The lowest BCUT2D eigenvalue weighted by Crippen LogP contribution is -1.91. The van der Waals surface area contributed by atoms with Crippen LogP contribution in [0, 0.1) is 13.8 Å². The van der Waals surface area contributed by atoms with Gasteiger partial charge < -0.3 is 4.98 Å². The van der Waals surface area contributed by atoms with Crippen molar-refractivity contribution in [2.45, 2.75) is 41.0 Å². The Morgan fingerprint density at radius 2 is 1.76 bits per heavy atom. The Kier molecular flexibility index (Phi) is 3.32. The Bertz CT molecular complexity index is 773. The first-order valence-electron chi connectivity index (χ1n) is 7.59. The molecule has 2 aromatic rings. The summed E-state index contributed by atoms with van der Waals surface area (Å²) >= 11 is 0. The minimum absolute atomic E-state index is 1.07. The highest BCUT2D eigenvalue weighted by Crippen LogP contribution is 2.36. The van der Waals surface area contributed by atoms with Crippen molar-refractivity contribution >= 4 is 17.0 Å². The molecule has 0 atom stereocenters. The molecule has 0 bridgehead atoms. The molecular weight excluding hydrogens is 256 g/mol. The molecule has 1 aliphatic rings. The number of aliphatic imine (C=N–C) groups is 1. The Morgan fingerprint density at radius 1 is 1.10 bits per heavy atom. The zero-order chi connectivity index (χ0) is 15.1. The second-order valence-electron chi connectivity index (χ2n) is 5.80. The molecular formula is C19H22N2. The van der Waals surface area contributed by atoms with E-state index in [9.17, 15) is 0 Å². The van der Waals surface area contributed by atoms with Crippen LogP contribution in [0.4, 0.5) is 0 Å². The number of nitrogens with zero attached hydrogens (tertiary/aromatic N) is 1. The van der Waals surface area contributed by atoms with Gasteiger partial charge in [0.2, 0.25) is 0 Å². The minimum atomic E-state index is 1.07. The van der Waals surface area contributed by atoms with E-state index < -0.39 is 0 Å².